The molecule has 1 aliphatic rings. The molecule has 0 saturated carbocycles. The number of hydrogen-bond acceptors (Lipinski definition) is 4. The van der Waals surface area contributed by atoms with E-state index in [1.807, 2.05) is 42.5 Å². The fraction of sp³-hybridized carbons (Fsp3) is 0.190. The Morgan fingerprint density at radius 3 is 2.58 bits per heavy atom. The van der Waals surface area contributed by atoms with Crippen LogP contribution in [0.3, 0.4) is 0 Å². The van der Waals surface area contributed by atoms with Gasteiger partial charge in [0.05, 0.1) is 10.6 Å². The van der Waals surface area contributed by atoms with Crippen molar-refractivity contribution < 1.29 is 4.79 Å². The zero-order chi connectivity index (χ0) is 18.1. The number of halogens is 1. The normalized spacial score (nSPS) is 14.2. The van der Waals surface area contributed by atoms with Gasteiger partial charge in [0.2, 0.25) is 0 Å². The Morgan fingerprint density at radius 2 is 1.85 bits per heavy atom. The molecule has 0 aliphatic carbocycles. The minimum atomic E-state index is 0.0340. The molecule has 132 valence electrons. The van der Waals surface area contributed by atoms with E-state index in [0.29, 0.717) is 16.1 Å². The number of carbonyl (C=O) groups excluding carboxylic acids is 1. The Labute approximate surface area is 162 Å². The minimum absolute atomic E-state index is 0.0340. The van der Waals surface area contributed by atoms with E-state index in [-0.39, 0.29) is 5.78 Å². The Kier molecular flexibility index (Phi) is 4.81. The molecule has 3 aromatic rings. The van der Waals surface area contributed by atoms with Gasteiger partial charge in [-0.3, -0.25) is 9.69 Å². The highest BCUT2D eigenvalue weighted by atomic mass is 35.5. The maximum Gasteiger partial charge on any atom is 0.196 e. The van der Waals surface area contributed by atoms with Crippen molar-refractivity contribution in [2.24, 2.45) is 0 Å². The van der Waals surface area contributed by atoms with Crippen molar-refractivity contribution in [3.05, 3.63) is 86.8 Å². The Bertz CT molecular complexity index is 935. The number of nitrogen functional groups attached to an aromatic ring is 1. The van der Waals surface area contributed by atoms with Gasteiger partial charge < -0.3 is 5.73 Å². The molecular formula is C21H19ClN2OS. The molecule has 26 heavy (non-hydrogen) atoms. The van der Waals surface area contributed by atoms with Gasteiger partial charge in [0.25, 0.3) is 0 Å². The number of thiophene rings is 1. The van der Waals surface area contributed by atoms with E-state index in [2.05, 4.69) is 17.0 Å². The predicted molar refractivity (Wildman–Crippen MR) is 108 cm³/mol. The number of nitrogens with zero attached hydrogens (tertiary/aromatic N) is 1. The Morgan fingerprint density at radius 1 is 1.12 bits per heavy atom. The summed E-state index contributed by atoms with van der Waals surface area (Å²) >= 11 is 7.51. The fourth-order valence-corrected chi connectivity index (χ4v) is 4.73. The van der Waals surface area contributed by atoms with Crippen LogP contribution in [0, 0.1) is 0 Å². The molecule has 0 spiro atoms. The third kappa shape index (κ3) is 3.40. The lowest BCUT2D eigenvalue weighted by Gasteiger charge is -2.27. The van der Waals surface area contributed by atoms with Gasteiger partial charge in [-0.25, -0.2) is 0 Å². The molecule has 0 saturated heterocycles. The molecule has 2 aromatic carbocycles. The van der Waals surface area contributed by atoms with E-state index in [0.717, 1.165) is 36.6 Å². The number of anilines is 1. The minimum Gasteiger partial charge on any atom is -0.390 e. The monoisotopic (exact) mass is 382 g/mol. The van der Waals surface area contributed by atoms with Crippen molar-refractivity contribution in [1.29, 1.82) is 0 Å². The molecule has 1 aromatic heterocycles. The highest BCUT2D eigenvalue weighted by molar-refractivity contribution is 7.16. The number of hydrogen-bond donors (Lipinski definition) is 1. The smallest absolute Gasteiger partial charge is 0.196 e. The maximum absolute atomic E-state index is 12.9. The van der Waals surface area contributed by atoms with Gasteiger partial charge >= 0.3 is 0 Å². The molecule has 1 aliphatic heterocycles. The van der Waals surface area contributed by atoms with Gasteiger partial charge in [-0.05, 0) is 29.7 Å². The predicted octanol–water partition coefficient (Wildman–Crippen LogP) is 4.77. The summed E-state index contributed by atoms with van der Waals surface area (Å²) in [6.07, 6.45) is 0.852. The van der Waals surface area contributed by atoms with Crippen LogP contribution in [0.1, 0.15) is 31.9 Å². The first-order chi connectivity index (χ1) is 12.6. The highest BCUT2D eigenvalue weighted by Crippen LogP contribution is 2.36. The van der Waals surface area contributed by atoms with Crippen LogP contribution in [0.5, 0.6) is 0 Å². The van der Waals surface area contributed by atoms with Crippen molar-refractivity contribution in [3.63, 3.8) is 0 Å². The molecule has 0 atom stereocenters. The van der Waals surface area contributed by atoms with Crippen LogP contribution >= 0.6 is 22.9 Å². The van der Waals surface area contributed by atoms with Crippen molar-refractivity contribution in [2.45, 2.75) is 19.5 Å². The highest BCUT2D eigenvalue weighted by Gasteiger charge is 2.27. The molecule has 0 amide bonds. The number of fused-ring (bicyclic) bond motifs is 1. The van der Waals surface area contributed by atoms with E-state index < -0.39 is 0 Å². The summed E-state index contributed by atoms with van der Waals surface area (Å²) in [6, 6.07) is 17.3. The summed E-state index contributed by atoms with van der Waals surface area (Å²) in [4.78, 5) is 16.5. The van der Waals surface area contributed by atoms with Crippen molar-refractivity contribution in [2.75, 3.05) is 12.3 Å². The Hall–Kier alpha value is -2.14. The SMILES string of the molecule is Nc1sc2c(c1C(=O)c1ccccc1)CCN(Cc1ccc(Cl)cc1)C2. The van der Waals surface area contributed by atoms with Crippen LogP contribution in [-0.2, 0) is 19.5 Å². The van der Waals surface area contributed by atoms with Crippen molar-refractivity contribution >= 4 is 33.7 Å². The molecule has 5 heteroatoms. The van der Waals surface area contributed by atoms with Crippen molar-refractivity contribution in [3.8, 4) is 0 Å². The first-order valence-electron chi connectivity index (χ1n) is 8.58. The quantitative estimate of drug-likeness (QED) is 0.661. The molecular weight excluding hydrogens is 364 g/mol. The van der Waals surface area contributed by atoms with Crippen LogP contribution < -0.4 is 5.73 Å². The number of nitrogens with two attached hydrogens (primary N) is 1. The summed E-state index contributed by atoms with van der Waals surface area (Å²) in [7, 11) is 0. The third-order valence-electron chi connectivity index (χ3n) is 4.75. The lowest BCUT2D eigenvalue weighted by molar-refractivity contribution is 0.103. The lowest BCUT2D eigenvalue weighted by Crippen LogP contribution is -2.29. The van der Waals surface area contributed by atoms with E-state index in [1.165, 1.54) is 10.4 Å². The maximum atomic E-state index is 12.9. The molecule has 3 nitrogen and oxygen atoms in total. The molecule has 2 heterocycles. The van der Waals surface area contributed by atoms with Gasteiger partial charge in [0.15, 0.2) is 5.78 Å². The van der Waals surface area contributed by atoms with E-state index in [1.54, 1.807) is 11.3 Å². The number of rotatable bonds is 4. The van der Waals surface area contributed by atoms with Gasteiger partial charge in [-0.1, -0.05) is 54.1 Å². The van der Waals surface area contributed by atoms with Gasteiger partial charge in [0, 0.05) is 35.1 Å². The average Bonchev–Trinajstić information content (AvgIpc) is 2.98. The zero-order valence-corrected chi connectivity index (χ0v) is 15.8. The van der Waals surface area contributed by atoms with Crippen LogP contribution in [0.25, 0.3) is 0 Å². The summed E-state index contributed by atoms with van der Waals surface area (Å²) in [5.74, 6) is 0.0340. The summed E-state index contributed by atoms with van der Waals surface area (Å²) < 4.78 is 0. The molecule has 0 bridgehead atoms. The van der Waals surface area contributed by atoms with Crippen LogP contribution in [0.4, 0.5) is 5.00 Å². The zero-order valence-electron chi connectivity index (χ0n) is 14.2. The second-order valence-electron chi connectivity index (χ2n) is 6.53. The average molecular weight is 383 g/mol. The summed E-state index contributed by atoms with van der Waals surface area (Å²) in [6.45, 7) is 2.62. The third-order valence-corrected chi connectivity index (χ3v) is 6.04. The first kappa shape index (κ1) is 17.3. The summed E-state index contributed by atoms with van der Waals surface area (Å²) in [5, 5.41) is 1.39. The summed E-state index contributed by atoms with van der Waals surface area (Å²) in [5.41, 5.74) is 10.0. The Balaban J connectivity index is 1.56. The first-order valence-corrected chi connectivity index (χ1v) is 9.78. The van der Waals surface area contributed by atoms with Crippen LogP contribution in [0.15, 0.2) is 54.6 Å². The molecule has 0 radical (unpaired) electrons. The van der Waals surface area contributed by atoms with Crippen LogP contribution in [0.2, 0.25) is 5.02 Å². The fourth-order valence-electron chi connectivity index (χ4n) is 3.44. The van der Waals surface area contributed by atoms with Gasteiger partial charge in [-0.2, -0.15) is 0 Å². The standard InChI is InChI=1S/C21H19ClN2OS/c22-16-8-6-14(7-9-16)12-24-11-10-17-18(13-24)26-21(23)19(17)20(25)15-4-2-1-3-5-15/h1-9H,10-13,23H2. The molecule has 0 unspecified atom stereocenters. The molecule has 2 N–H and O–H groups in total. The van der Waals surface area contributed by atoms with Gasteiger partial charge in [-0.15, -0.1) is 11.3 Å². The van der Waals surface area contributed by atoms with Crippen LogP contribution in [-0.4, -0.2) is 17.2 Å². The lowest BCUT2D eigenvalue weighted by atomic mass is 9.96. The largest absolute Gasteiger partial charge is 0.390 e. The molecule has 0 fully saturated rings. The van der Waals surface area contributed by atoms with E-state index >= 15 is 0 Å². The number of carbonyl (C=O) groups is 1. The number of benzene rings is 2. The van der Waals surface area contributed by atoms with E-state index in [9.17, 15) is 4.79 Å². The second kappa shape index (κ2) is 7.23. The molecule has 4 rings (SSSR count). The topological polar surface area (TPSA) is 46.3 Å². The van der Waals surface area contributed by atoms with Gasteiger partial charge in [0.1, 0.15) is 0 Å². The number of ketones is 1. The second-order valence-corrected chi connectivity index (χ2v) is 8.10. The van der Waals surface area contributed by atoms with E-state index in [4.69, 9.17) is 17.3 Å². The van der Waals surface area contributed by atoms with Crippen molar-refractivity contribution in [1.82, 2.24) is 4.90 Å².